The number of piperazine rings is 1. The molecule has 2 N–H and O–H groups in total. The molecule has 0 saturated carbocycles. The van der Waals surface area contributed by atoms with Gasteiger partial charge in [0.25, 0.3) is 0 Å². The Kier molecular flexibility index (Phi) is 8.55. The molecule has 1 saturated heterocycles. The van der Waals surface area contributed by atoms with Gasteiger partial charge < -0.3 is 9.80 Å². The summed E-state index contributed by atoms with van der Waals surface area (Å²) in [5.74, 6) is -0.351. The minimum Gasteiger partial charge on any atom is -0.322 e. The zero-order chi connectivity index (χ0) is 24.6. The second-order valence-electron chi connectivity index (χ2n) is 9.49. The summed E-state index contributed by atoms with van der Waals surface area (Å²) >= 11 is 0. The maximum atomic E-state index is 13.5. The number of urea groups is 1. The molecule has 35 heavy (non-hydrogen) atoms. The number of carbonyl (C=O) groups excluding carboxylic acids is 2. The van der Waals surface area contributed by atoms with Crippen molar-refractivity contribution in [2.24, 2.45) is 0 Å². The van der Waals surface area contributed by atoms with E-state index in [1.54, 1.807) is 5.48 Å². The van der Waals surface area contributed by atoms with E-state index in [-0.39, 0.29) is 11.9 Å². The number of hydrogen-bond donors (Lipinski definition) is 2. The van der Waals surface area contributed by atoms with Gasteiger partial charge >= 0.3 is 6.03 Å². The van der Waals surface area contributed by atoms with Crippen LogP contribution in [-0.2, 0) is 11.2 Å². The largest absolute Gasteiger partial charge is 0.324 e. The summed E-state index contributed by atoms with van der Waals surface area (Å²) in [5, 5.41) is 8.62. The van der Waals surface area contributed by atoms with Gasteiger partial charge in [0.1, 0.15) is 0 Å². The Bertz CT molecular complexity index is 1040. The Hall–Kier alpha value is -3.16. The van der Waals surface area contributed by atoms with Crippen LogP contribution in [0.25, 0.3) is 17.2 Å². The van der Waals surface area contributed by atoms with Crippen LogP contribution >= 0.6 is 0 Å². The van der Waals surface area contributed by atoms with E-state index in [1.807, 2.05) is 9.80 Å². The zero-order valence-electron chi connectivity index (χ0n) is 20.6. The van der Waals surface area contributed by atoms with Gasteiger partial charge in [-0.3, -0.25) is 14.9 Å². The van der Waals surface area contributed by atoms with E-state index in [9.17, 15) is 9.59 Å². The van der Waals surface area contributed by atoms with Gasteiger partial charge in [-0.15, -0.1) is 0 Å². The van der Waals surface area contributed by atoms with Crippen molar-refractivity contribution >= 4 is 23.7 Å². The number of unbranched alkanes of at least 4 members (excludes halogenated alkanes) is 3. The third kappa shape index (κ3) is 6.50. The van der Waals surface area contributed by atoms with E-state index in [0.29, 0.717) is 13.0 Å². The highest BCUT2D eigenvalue weighted by molar-refractivity contribution is 5.92. The number of nitrogens with zero attached hydrogens (tertiary/aromatic N) is 3. The highest BCUT2D eigenvalue weighted by Gasteiger charge is 2.25. The van der Waals surface area contributed by atoms with Crippen LogP contribution in [0.4, 0.5) is 10.5 Å². The smallest absolute Gasteiger partial charge is 0.322 e. The molecule has 4 rings (SSSR count). The summed E-state index contributed by atoms with van der Waals surface area (Å²) in [4.78, 5) is 30.8. The maximum absolute atomic E-state index is 13.5. The van der Waals surface area contributed by atoms with Crippen molar-refractivity contribution in [3.8, 4) is 11.1 Å². The van der Waals surface area contributed by atoms with Crippen LogP contribution < -0.4 is 10.4 Å². The molecule has 0 radical (unpaired) electrons. The van der Waals surface area contributed by atoms with Gasteiger partial charge in [0.05, 0.1) is 0 Å². The van der Waals surface area contributed by atoms with Crippen LogP contribution in [0.5, 0.6) is 0 Å². The molecule has 2 aromatic carbocycles. The van der Waals surface area contributed by atoms with Crippen LogP contribution in [0.3, 0.4) is 0 Å². The lowest BCUT2D eigenvalue weighted by Gasteiger charge is -2.36. The van der Waals surface area contributed by atoms with Gasteiger partial charge in [0.15, 0.2) is 0 Å². The Morgan fingerprint density at radius 3 is 2.40 bits per heavy atom. The summed E-state index contributed by atoms with van der Waals surface area (Å²) in [6.45, 7) is 3.89. The molecule has 1 fully saturated rings. The number of anilines is 1. The van der Waals surface area contributed by atoms with E-state index >= 15 is 0 Å². The molecule has 7 heteroatoms. The van der Waals surface area contributed by atoms with Crippen molar-refractivity contribution in [2.75, 3.05) is 44.7 Å². The van der Waals surface area contributed by atoms with E-state index in [2.05, 4.69) is 66.6 Å². The molecule has 1 aliphatic carbocycles. The predicted molar refractivity (Wildman–Crippen MR) is 139 cm³/mol. The standard InChI is InChI=1S/C28H36N4O3/c1-30-17-19-31(20-18-30)28(34)32(16-5-3-2-4-9-27(33)29-35)26-14-12-23(13-15-26)25-11-10-22-7-6-8-24(22)21-25/h6,8,10-15,21,35H,2-5,7,9,16-20H2,1H3,(H,29,33). The van der Waals surface area contributed by atoms with Gasteiger partial charge in [0, 0.05) is 44.8 Å². The first kappa shape index (κ1) is 24.9. The van der Waals surface area contributed by atoms with Gasteiger partial charge in [0.2, 0.25) is 5.91 Å². The highest BCUT2D eigenvalue weighted by Crippen LogP contribution is 2.29. The quantitative estimate of drug-likeness (QED) is 0.316. The fraction of sp³-hybridized carbons (Fsp3) is 0.429. The van der Waals surface area contributed by atoms with E-state index in [4.69, 9.17) is 5.21 Å². The predicted octanol–water partition coefficient (Wildman–Crippen LogP) is 4.55. The van der Waals surface area contributed by atoms with Crippen molar-refractivity contribution in [1.29, 1.82) is 0 Å². The molecule has 7 nitrogen and oxygen atoms in total. The number of fused-ring (bicyclic) bond motifs is 1. The van der Waals surface area contributed by atoms with Gasteiger partial charge in [-0.2, -0.15) is 0 Å². The molecular weight excluding hydrogens is 440 g/mol. The topological polar surface area (TPSA) is 76.1 Å². The fourth-order valence-electron chi connectivity index (χ4n) is 4.73. The van der Waals surface area contributed by atoms with Gasteiger partial charge in [-0.25, -0.2) is 10.3 Å². The number of nitrogens with one attached hydrogen (secondary N) is 1. The molecule has 0 aromatic heterocycles. The van der Waals surface area contributed by atoms with Crippen LogP contribution in [0.2, 0.25) is 0 Å². The molecule has 0 unspecified atom stereocenters. The van der Waals surface area contributed by atoms with Gasteiger partial charge in [-0.1, -0.05) is 49.3 Å². The third-order valence-electron chi connectivity index (χ3n) is 6.96. The molecule has 2 aromatic rings. The molecule has 2 aliphatic rings. The second-order valence-corrected chi connectivity index (χ2v) is 9.49. The lowest BCUT2D eigenvalue weighted by Crippen LogP contribution is -2.52. The maximum Gasteiger partial charge on any atom is 0.324 e. The normalized spacial score (nSPS) is 15.2. The van der Waals surface area contributed by atoms with Crippen molar-refractivity contribution < 1.29 is 14.8 Å². The number of allylic oxidation sites excluding steroid dienone is 1. The van der Waals surface area contributed by atoms with Crippen LogP contribution in [0.15, 0.2) is 48.5 Å². The second kappa shape index (κ2) is 12.0. The molecule has 0 bridgehead atoms. The number of benzene rings is 2. The number of hydroxylamine groups is 1. The minimum absolute atomic E-state index is 0.0631. The Balaban J connectivity index is 1.43. The highest BCUT2D eigenvalue weighted by atomic mass is 16.5. The first-order valence-corrected chi connectivity index (χ1v) is 12.6. The lowest BCUT2D eigenvalue weighted by molar-refractivity contribution is -0.129. The number of carbonyl (C=O) groups is 2. The van der Waals surface area contributed by atoms with Crippen LogP contribution in [-0.4, -0.2) is 66.7 Å². The molecule has 1 heterocycles. The van der Waals surface area contributed by atoms with Gasteiger partial charge in [-0.05, 0) is 66.8 Å². The monoisotopic (exact) mass is 476 g/mol. The molecule has 0 atom stereocenters. The summed E-state index contributed by atoms with van der Waals surface area (Å²) in [7, 11) is 2.09. The number of likely N-dealkylation sites (N-methyl/N-ethyl adjacent to an activating group) is 1. The number of rotatable bonds is 9. The van der Waals surface area contributed by atoms with E-state index in [0.717, 1.165) is 69.5 Å². The van der Waals surface area contributed by atoms with Crippen LogP contribution in [0, 0.1) is 0 Å². The third-order valence-corrected chi connectivity index (χ3v) is 6.96. The molecule has 3 amide bonds. The molecule has 1 aliphatic heterocycles. The molecule has 0 spiro atoms. The SMILES string of the molecule is CN1CCN(C(=O)N(CCCCCCC(=O)NO)c2ccc(-c3ccc4c(c3)C=CC4)cc2)CC1. The van der Waals surface area contributed by atoms with E-state index in [1.165, 1.54) is 16.7 Å². The zero-order valence-corrected chi connectivity index (χ0v) is 20.6. The molecule has 186 valence electrons. The Labute approximate surface area is 208 Å². The van der Waals surface area contributed by atoms with Crippen molar-refractivity contribution in [1.82, 2.24) is 15.3 Å². The van der Waals surface area contributed by atoms with Crippen molar-refractivity contribution in [3.05, 3.63) is 59.7 Å². The van der Waals surface area contributed by atoms with Crippen molar-refractivity contribution in [2.45, 2.75) is 38.5 Å². The summed E-state index contributed by atoms with van der Waals surface area (Å²) in [6.07, 6.45) is 9.10. The Morgan fingerprint density at radius 2 is 1.66 bits per heavy atom. The lowest BCUT2D eigenvalue weighted by atomic mass is 10.00. The van der Waals surface area contributed by atoms with Crippen LogP contribution in [0.1, 0.15) is 43.2 Å². The average molecular weight is 477 g/mol. The number of amides is 3. The Morgan fingerprint density at radius 1 is 0.943 bits per heavy atom. The van der Waals surface area contributed by atoms with E-state index < -0.39 is 0 Å². The minimum atomic E-state index is -0.351. The summed E-state index contributed by atoms with van der Waals surface area (Å²) in [6, 6.07) is 15.0. The first-order valence-electron chi connectivity index (χ1n) is 12.6. The summed E-state index contributed by atoms with van der Waals surface area (Å²) < 4.78 is 0. The summed E-state index contributed by atoms with van der Waals surface area (Å²) in [5.41, 5.74) is 7.57. The number of hydrogen-bond acceptors (Lipinski definition) is 4. The van der Waals surface area contributed by atoms with Crippen molar-refractivity contribution in [3.63, 3.8) is 0 Å². The first-order chi connectivity index (χ1) is 17.0. The molecular formula is C28H36N4O3. The average Bonchev–Trinajstić information content (AvgIpc) is 3.36. The fourth-order valence-corrected chi connectivity index (χ4v) is 4.73.